The standard InChI is InChI=1S/C13H19BrO3/c1-2-17-8-7-13(9-15,10-16)11-3-5-12(14)6-4-11/h3-6,15-16H,2,7-10H2,1H3. The summed E-state index contributed by atoms with van der Waals surface area (Å²) in [5.41, 5.74) is 0.320. The molecule has 17 heavy (non-hydrogen) atoms. The fourth-order valence-corrected chi connectivity index (χ4v) is 2.01. The van der Waals surface area contributed by atoms with Crippen LogP contribution in [0.25, 0.3) is 0 Å². The number of hydrogen-bond donors (Lipinski definition) is 2. The predicted molar refractivity (Wildman–Crippen MR) is 71.1 cm³/mol. The summed E-state index contributed by atoms with van der Waals surface area (Å²) in [6.07, 6.45) is 0.607. The highest BCUT2D eigenvalue weighted by molar-refractivity contribution is 9.10. The zero-order valence-corrected chi connectivity index (χ0v) is 11.6. The van der Waals surface area contributed by atoms with Crippen molar-refractivity contribution in [2.75, 3.05) is 26.4 Å². The van der Waals surface area contributed by atoms with E-state index in [-0.39, 0.29) is 13.2 Å². The molecule has 0 amide bonds. The molecule has 2 N–H and O–H groups in total. The van der Waals surface area contributed by atoms with Crippen LogP contribution in [-0.2, 0) is 10.2 Å². The molecule has 0 radical (unpaired) electrons. The Bertz CT molecular complexity index is 320. The van der Waals surface area contributed by atoms with Crippen LogP contribution in [0.3, 0.4) is 0 Å². The average molecular weight is 303 g/mol. The molecule has 96 valence electrons. The average Bonchev–Trinajstić information content (AvgIpc) is 2.37. The fraction of sp³-hybridized carbons (Fsp3) is 0.538. The van der Waals surface area contributed by atoms with E-state index in [1.54, 1.807) is 0 Å². The first-order chi connectivity index (χ1) is 8.18. The lowest BCUT2D eigenvalue weighted by molar-refractivity contribution is 0.0667. The molecule has 0 atom stereocenters. The molecular weight excluding hydrogens is 284 g/mol. The molecule has 0 aliphatic carbocycles. The largest absolute Gasteiger partial charge is 0.395 e. The van der Waals surface area contributed by atoms with E-state index in [1.807, 2.05) is 31.2 Å². The molecule has 4 heteroatoms. The highest BCUT2D eigenvalue weighted by atomic mass is 79.9. The van der Waals surface area contributed by atoms with Gasteiger partial charge in [0.25, 0.3) is 0 Å². The number of benzene rings is 1. The SMILES string of the molecule is CCOCCC(CO)(CO)c1ccc(Br)cc1. The van der Waals surface area contributed by atoms with Crippen LogP contribution < -0.4 is 0 Å². The maximum atomic E-state index is 9.57. The van der Waals surface area contributed by atoms with Crippen LogP contribution >= 0.6 is 15.9 Å². The molecule has 0 aliphatic heterocycles. The number of aliphatic hydroxyl groups is 2. The number of ether oxygens (including phenoxy) is 1. The summed E-state index contributed by atoms with van der Waals surface area (Å²) in [6, 6.07) is 7.66. The van der Waals surface area contributed by atoms with Crippen molar-refractivity contribution >= 4 is 15.9 Å². The second-order valence-electron chi connectivity index (χ2n) is 4.05. The number of halogens is 1. The van der Waals surface area contributed by atoms with Crippen molar-refractivity contribution in [3.63, 3.8) is 0 Å². The van der Waals surface area contributed by atoms with Crippen molar-refractivity contribution in [1.82, 2.24) is 0 Å². The van der Waals surface area contributed by atoms with Crippen molar-refractivity contribution in [3.8, 4) is 0 Å². The smallest absolute Gasteiger partial charge is 0.0550 e. The molecule has 0 aromatic heterocycles. The van der Waals surface area contributed by atoms with Gasteiger partial charge in [-0.05, 0) is 31.0 Å². The van der Waals surface area contributed by atoms with Gasteiger partial charge in [0.05, 0.1) is 13.2 Å². The van der Waals surface area contributed by atoms with Gasteiger partial charge in [0.1, 0.15) is 0 Å². The number of hydrogen-bond acceptors (Lipinski definition) is 3. The van der Waals surface area contributed by atoms with Gasteiger partial charge in [-0.3, -0.25) is 0 Å². The lowest BCUT2D eigenvalue weighted by Gasteiger charge is -2.30. The van der Waals surface area contributed by atoms with Gasteiger partial charge in [0, 0.05) is 23.1 Å². The molecule has 0 heterocycles. The van der Waals surface area contributed by atoms with Gasteiger partial charge in [-0.25, -0.2) is 0 Å². The van der Waals surface area contributed by atoms with E-state index in [0.717, 1.165) is 10.0 Å². The molecule has 1 aromatic carbocycles. The molecule has 0 unspecified atom stereocenters. The summed E-state index contributed by atoms with van der Waals surface area (Å²) in [6.45, 7) is 2.94. The maximum Gasteiger partial charge on any atom is 0.0550 e. The molecular formula is C13H19BrO3. The molecule has 0 saturated carbocycles. The molecule has 1 rings (SSSR count). The van der Waals surface area contributed by atoms with E-state index in [1.165, 1.54) is 0 Å². The van der Waals surface area contributed by atoms with E-state index >= 15 is 0 Å². The Labute approximate surface area is 111 Å². The zero-order valence-electron chi connectivity index (χ0n) is 10.0. The molecule has 0 aliphatic rings. The first kappa shape index (κ1) is 14.6. The molecule has 0 bridgehead atoms. The Hall–Kier alpha value is -0.420. The summed E-state index contributed by atoms with van der Waals surface area (Å²) in [5, 5.41) is 19.1. The molecule has 0 fully saturated rings. The van der Waals surface area contributed by atoms with Gasteiger partial charge in [-0.2, -0.15) is 0 Å². The van der Waals surface area contributed by atoms with Crippen molar-refractivity contribution in [1.29, 1.82) is 0 Å². The Balaban J connectivity index is 2.85. The minimum Gasteiger partial charge on any atom is -0.395 e. The first-order valence-corrected chi connectivity index (χ1v) is 6.53. The summed E-state index contributed by atoms with van der Waals surface area (Å²) < 4.78 is 6.29. The highest BCUT2D eigenvalue weighted by Crippen LogP contribution is 2.28. The van der Waals surface area contributed by atoms with E-state index < -0.39 is 5.41 Å². The van der Waals surface area contributed by atoms with Crippen molar-refractivity contribution < 1.29 is 14.9 Å². The number of rotatable bonds is 7. The maximum absolute atomic E-state index is 9.57. The molecule has 0 saturated heterocycles. The lowest BCUT2D eigenvalue weighted by Crippen LogP contribution is -2.36. The third kappa shape index (κ3) is 3.78. The second kappa shape index (κ2) is 7.11. The Morgan fingerprint density at radius 1 is 1.18 bits per heavy atom. The lowest BCUT2D eigenvalue weighted by atomic mass is 9.79. The summed E-state index contributed by atoms with van der Waals surface area (Å²) in [7, 11) is 0. The van der Waals surface area contributed by atoms with E-state index in [0.29, 0.717) is 19.6 Å². The minimum atomic E-state index is -0.615. The normalized spacial score (nSPS) is 11.8. The Morgan fingerprint density at radius 3 is 2.24 bits per heavy atom. The van der Waals surface area contributed by atoms with Crippen LogP contribution in [0.15, 0.2) is 28.7 Å². The number of aliphatic hydroxyl groups excluding tert-OH is 2. The molecule has 3 nitrogen and oxygen atoms in total. The Morgan fingerprint density at radius 2 is 1.76 bits per heavy atom. The van der Waals surface area contributed by atoms with Gasteiger partial charge in [0.15, 0.2) is 0 Å². The molecule has 0 spiro atoms. The van der Waals surface area contributed by atoms with Crippen LogP contribution in [0.4, 0.5) is 0 Å². The van der Waals surface area contributed by atoms with Crippen LogP contribution in [0, 0.1) is 0 Å². The van der Waals surface area contributed by atoms with Crippen LogP contribution in [0.5, 0.6) is 0 Å². The third-order valence-electron chi connectivity index (χ3n) is 2.99. The van der Waals surface area contributed by atoms with Gasteiger partial charge in [-0.1, -0.05) is 28.1 Å². The van der Waals surface area contributed by atoms with Crippen LogP contribution in [0.2, 0.25) is 0 Å². The second-order valence-corrected chi connectivity index (χ2v) is 4.97. The van der Waals surface area contributed by atoms with E-state index in [2.05, 4.69) is 15.9 Å². The summed E-state index contributed by atoms with van der Waals surface area (Å²) >= 11 is 3.37. The van der Waals surface area contributed by atoms with Gasteiger partial charge < -0.3 is 14.9 Å². The predicted octanol–water partition coefficient (Wildman–Crippen LogP) is 2.10. The minimum absolute atomic E-state index is 0.0851. The summed E-state index contributed by atoms with van der Waals surface area (Å²) in [4.78, 5) is 0. The topological polar surface area (TPSA) is 49.7 Å². The monoisotopic (exact) mass is 302 g/mol. The van der Waals surface area contributed by atoms with E-state index in [4.69, 9.17) is 4.74 Å². The summed E-state index contributed by atoms with van der Waals surface area (Å²) in [5.74, 6) is 0. The van der Waals surface area contributed by atoms with Crippen molar-refractivity contribution in [3.05, 3.63) is 34.3 Å². The first-order valence-electron chi connectivity index (χ1n) is 5.74. The third-order valence-corrected chi connectivity index (χ3v) is 3.52. The van der Waals surface area contributed by atoms with Crippen LogP contribution in [-0.4, -0.2) is 36.6 Å². The zero-order chi connectivity index (χ0) is 12.7. The quantitative estimate of drug-likeness (QED) is 0.758. The van der Waals surface area contributed by atoms with E-state index in [9.17, 15) is 10.2 Å². The van der Waals surface area contributed by atoms with Crippen LogP contribution in [0.1, 0.15) is 18.9 Å². The molecule has 1 aromatic rings. The van der Waals surface area contributed by atoms with Gasteiger partial charge in [-0.15, -0.1) is 0 Å². The Kier molecular flexibility index (Phi) is 6.12. The van der Waals surface area contributed by atoms with Crippen molar-refractivity contribution in [2.45, 2.75) is 18.8 Å². The van der Waals surface area contributed by atoms with Crippen molar-refractivity contribution in [2.24, 2.45) is 0 Å². The van der Waals surface area contributed by atoms with Gasteiger partial charge >= 0.3 is 0 Å². The highest BCUT2D eigenvalue weighted by Gasteiger charge is 2.30. The van der Waals surface area contributed by atoms with Gasteiger partial charge in [0.2, 0.25) is 0 Å². The fourth-order valence-electron chi connectivity index (χ4n) is 1.75.